The van der Waals surface area contributed by atoms with E-state index in [2.05, 4.69) is 4.90 Å². The minimum absolute atomic E-state index is 0.210. The van der Waals surface area contributed by atoms with Crippen LogP contribution in [-0.4, -0.2) is 45.1 Å². The largest absolute Gasteiger partial charge is 0.485 e. The highest BCUT2D eigenvalue weighted by Gasteiger charge is 2.40. The third-order valence-corrected chi connectivity index (χ3v) is 8.79. The van der Waals surface area contributed by atoms with Crippen LogP contribution >= 0.6 is 0 Å². The Balaban J connectivity index is 1.50. The molecular weight excluding hydrogens is 460 g/mol. The van der Waals surface area contributed by atoms with E-state index in [0.29, 0.717) is 12.4 Å². The Morgan fingerprint density at radius 1 is 0.943 bits per heavy atom. The Labute approximate surface area is 208 Å². The Bertz CT molecular complexity index is 1230. The smallest absolute Gasteiger partial charge is 0.249 e. The van der Waals surface area contributed by atoms with Crippen molar-refractivity contribution in [2.75, 3.05) is 31.1 Å². The standard InChI is InChI=1S/C28H32N2O4S/c1-22(24-13-6-3-7-14-24)30-19-25(21-33-20-23-11-4-2-5-12-23)34-27-16-10-15-26(28(27)35(30,31)32)29-17-8-9-18-29/h2-7,10-16,22,25H,8-9,17-21H2,1H3/t22-,25+/m1/s1. The van der Waals surface area contributed by atoms with Crippen molar-refractivity contribution >= 4 is 15.7 Å². The number of sulfonamides is 1. The monoisotopic (exact) mass is 492 g/mol. The van der Waals surface area contributed by atoms with Gasteiger partial charge in [0.1, 0.15) is 16.7 Å². The molecule has 0 spiro atoms. The molecule has 0 unspecified atom stereocenters. The van der Waals surface area contributed by atoms with E-state index in [1.807, 2.05) is 79.7 Å². The molecule has 0 aromatic heterocycles. The predicted octanol–water partition coefficient (Wildman–Crippen LogP) is 5.02. The quantitative estimate of drug-likeness (QED) is 0.464. The van der Waals surface area contributed by atoms with Crippen molar-refractivity contribution in [3.05, 3.63) is 90.0 Å². The lowest BCUT2D eigenvalue weighted by molar-refractivity contribution is 0.0313. The van der Waals surface area contributed by atoms with Crippen molar-refractivity contribution in [1.29, 1.82) is 0 Å². The molecule has 3 aromatic carbocycles. The Morgan fingerprint density at radius 3 is 2.34 bits per heavy atom. The number of rotatable bonds is 7. The van der Waals surface area contributed by atoms with E-state index in [-0.39, 0.29) is 24.1 Å². The summed E-state index contributed by atoms with van der Waals surface area (Å²) in [7, 11) is -3.83. The normalized spacial score (nSPS) is 20.6. The molecule has 184 valence electrons. The first-order valence-electron chi connectivity index (χ1n) is 12.3. The van der Waals surface area contributed by atoms with Crippen molar-refractivity contribution in [2.45, 2.75) is 43.4 Å². The maximum Gasteiger partial charge on any atom is 0.249 e. The topological polar surface area (TPSA) is 59.1 Å². The number of benzene rings is 3. The third-order valence-electron chi connectivity index (χ3n) is 6.78. The third kappa shape index (κ3) is 5.08. The van der Waals surface area contributed by atoms with E-state index in [0.717, 1.165) is 42.7 Å². The minimum atomic E-state index is -3.83. The zero-order valence-corrected chi connectivity index (χ0v) is 20.9. The SMILES string of the molecule is C[C@H](c1ccccc1)N1C[C@@H](COCc2ccccc2)Oc2cccc(N3CCCC3)c2S1(=O)=O. The van der Waals surface area contributed by atoms with Crippen LogP contribution in [0, 0.1) is 0 Å². The van der Waals surface area contributed by atoms with Crippen LogP contribution in [0.25, 0.3) is 0 Å². The van der Waals surface area contributed by atoms with Gasteiger partial charge in [0.05, 0.1) is 25.4 Å². The average Bonchev–Trinajstić information content (AvgIpc) is 3.39. The first kappa shape index (κ1) is 23.9. The number of nitrogens with zero attached hydrogens (tertiary/aromatic N) is 2. The molecule has 3 aromatic rings. The highest BCUT2D eigenvalue weighted by molar-refractivity contribution is 7.89. The van der Waals surface area contributed by atoms with Gasteiger partial charge in [-0.15, -0.1) is 0 Å². The van der Waals surface area contributed by atoms with Gasteiger partial charge in [-0.2, -0.15) is 4.31 Å². The zero-order chi connectivity index (χ0) is 24.3. The van der Waals surface area contributed by atoms with Crippen LogP contribution in [0.15, 0.2) is 83.8 Å². The molecule has 0 aliphatic carbocycles. The number of fused-ring (bicyclic) bond motifs is 1. The summed E-state index contributed by atoms with van der Waals surface area (Å²) < 4.78 is 42.4. The number of hydrogen-bond donors (Lipinski definition) is 0. The molecular formula is C28H32N2O4S. The van der Waals surface area contributed by atoms with Gasteiger partial charge >= 0.3 is 0 Å². The fourth-order valence-corrected chi connectivity index (χ4v) is 6.90. The van der Waals surface area contributed by atoms with E-state index < -0.39 is 16.1 Å². The molecule has 6 nitrogen and oxygen atoms in total. The van der Waals surface area contributed by atoms with Gasteiger partial charge in [0.2, 0.25) is 10.0 Å². The maximum atomic E-state index is 14.2. The molecule has 1 saturated heterocycles. The Kier molecular flexibility index (Phi) is 7.09. The van der Waals surface area contributed by atoms with Gasteiger partial charge in [-0.25, -0.2) is 8.42 Å². The van der Waals surface area contributed by atoms with Crippen LogP contribution < -0.4 is 9.64 Å². The molecule has 35 heavy (non-hydrogen) atoms. The van der Waals surface area contributed by atoms with Crippen LogP contribution in [0.2, 0.25) is 0 Å². The summed E-state index contributed by atoms with van der Waals surface area (Å²) in [5.41, 5.74) is 2.75. The number of hydrogen-bond acceptors (Lipinski definition) is 5. The molecule has 2 heterocycles. The van der Waals surface area contributed by atoms with Crippen molar-refractivity contribution in [2.24, 2.45) is 0 Å². The molecule has 1 fully saturated rings. The van der Waals surface area contributed by atoms with E-state index in [9.17, 15) is 8.42 Å². The second kappa shape index (κ2) is 10.4. The number of ether oxygens (including phenoxy) is 2. The van der Waals surface area contributed by atoms with Crippen LogP contribution in [-0.2, 0) is 21.4 Å². The molecule has 0 saturated carbocycles. The van der Waals surface area contributed by atoms with Crippen LogP contribution in [0.4, 0.5) is 5.69 Å². The lowest BCUT2D eigenvalue weighted by Crippen LogP contribution is -2.41. The lowest BCUT2D eigenvalue weighted by Gasteiger charge is -2.30. The molecule has 2 aliphatic rings. The van der Waals surface area contributed by atoms with Crippen molar-refractivity contribution in [1.82, 2.24) is 4.31 Å². The number of anilines is 1. The summed E-state index contributed by atoms with van der Waals surface area (Å²) in [6.45, 7) is 4.59. The zero-order valence-electron chi connectivity index (χ0n) is 20.0. The second-order valence-electron chi connectivity index (χ2n) is 9.20. The van der Waals surface area contributed by atoms with E-state index in [1.54, 1.807) is 10.4 Å². The summed E-state index contributed by atoms with van der Waals surface area (Å²) in [6.07, 6.45) is 1.68. The van der Waals surface area contributed by atoms with Gasteiger partial charge in [-0.3, -0.25) is 0 Å². The van der Waals surface area contributed by atoms with Gasteiger partial charge in [0, 0.05) is 19.1 Å². The van der Waals surface area contributed by atoms with Crippen LogP contribution in [0.5, 0.6) is 5.75 Å². The fourth-order valence-electron chi connectivity index (χ4n) is 4.93. The van der Waals surface area contributed by atoms with Crippen LogP contribution in [0.3, 0.4) is 0 Å². The first-order chi connectivity index (χ1) is 17.0. The minimum Gasteiger partial charge on any atom is -0.485 e. The van der Waals surface area contributed by atoms with Gasteiger partial charge in [-0.05, 0) is 43.0 Å². The first-order valence-corrected chi connectivity index (χ1v) is 13.7. The molecule has 0 bridgehead atoms. The summed E-state index contributed by atoms with van der Waals surface area (Å²) in [6, 6.07) is 24.9. The lowest BCUT2D eigenvalue weighted by atomic mass is 10.1. The molecule has 5 rings (SSSR count). The molecule has 2 atom stereocenters. The molecule has 0 amide bonds. The van der Waals surface area contributed by atoms with Gasteiger partial charge in [-0.1, -0.05) is 66.7 Å². The highest BCUT2D eigenvalue weighted by Crippen LogP contribution is 2.42. The fraction of sp³-hybridized carbons (Fsp3) is 0.357. The highest BCUT2D eigenvalue weighted by atomic mass is 32.2. The van der Waals surface area contributed by atoms with E-state index in [1.165, 1.54) is 0 Å². The maximum absolute atomic E-state index is 14.2. The Morgan fingerprint density at radius 2 is 1.63 bits per heavy atom. The molecule has 0 N–H and O–H groups in total. The summed E-state index contributed by atoms with van der Waals surface area (Å²) >= 11 is 0. The predicted molar refractivity (Wildman–Crippen MR) is 137 cm³/mol. The Hall–Kier alpha value is -2.87. The van der Waals surface area contributed by atoms with Gasteiger partial charge < -0.3 is 14.4 Å². The summed E-state index contributed by atoms with van der Waals surface area (Å²) in [5, 5.41) is 0. The van der Waals surface area contributed by atoms with Crippen LogP contribution in [0.1, 0.15) is 36.9 Å². The molecule has 0 radical (unpaired) electrons. The van der Waals surface area contributed by atoms with Crippen molar-refractivity contribution < 1.29 is 17.9 Å². The van der Waals surface area contributed by atoms with Gasteiger partial charge in [0.15, 0.2) is 0 Å². The van der Waals surface area contributed by atoms with Crippen molar-refractivity contribution in [3.63, 3.8) is 0 Å². The van der Waals surface area contributed by atoms with E-state index in [4.69, 9.17) is 9.47 Å². The summed E-state index contributed by atoms with van der Waals surface area (Å²) in [4.78, 5) is 2.44. The molecule has 7 heteroatoms. The second-order valence-corrected chi connectivity index (χ2v) is 11.0. The van der Waals surface area contributed by atoms with Crippen molar-refractivity contribution in [3.8, 4) is 5.75 Å². The van der Waals surface area contributed by atoms with E-state index >= 15 is 0 Å². The average molecular weight is 493 g/mol. The molecule has 2 aliphatic heterocycles. The van der Waals surface area contributed by atoms with Gasteiger partial charge in [0.25, 0.3) is 0 Å². The summed E-state index contributed by atoms with van der Waals surface area (Å²) in [5.74, 6) is 0.408.